The fourth-order valence-electron chi connectivity index (χ4n) is 1.96. The minimum Gasteiger partial charge on any atom is -0.496 e. The lowest BCUT2D eigenvalue weighted by Crippen LogP contribution is -2.47. The lowest BCUT2D eigenvalue weighted by atomic mass is 10.2. The lowest BCUT2D eigenvalue weighted by molar-refractivity contribution is -0.128. The van der Waals surface area contributed by atoms with Crippen molar-refractivity contribution in [2.75, 3.05) is 7.11 Å². The summed E-state index contributed by atoms with van der Waals surface area (Å²) in [6.07, 6.45) is -0.937. The van der Waals surface area contributed by atoms with Crippen molar-refractivity contribution in [3.8, 4) is 11.5 Å². The molecule has 26 heavy (non-hydrogen) atoms. The summed E-state index contributed by atoms with van der Waals surface area (Å²) in [5, 5.41) is 0.856. The molecule has 0 aromatic heterocycles. The molecule has 6 nitrogen and oxygen atoms in total. The van der Waals surface area contributed by atoms with Gasteiger partial charge in [-0.2, -0.15) is 0 Å². The fourth-order valence-corrected chi connectivity index (χ4v) is 2.47. The van der Waals surface area contributed by atoms with Crippen LogP contribution in [0.15, 0.2) is 36.4 Å². The number of nitrogens with one attached hydrogen (secondary N) is 2. The number of rotatable bonds is 5. The Kier molecular flexibility index (Phi) is 6.97. The van der Waals surface area contributed by atoms with Gasteiger partial charge in [0, 0.05) is 5.02 Å². The van der Waals surface area contributed by atoms with E-state index in [4.69, 9.17) is 44.3 Å². The highest BCUT2D eigenvalue weighted by atomic mass is 35.5. The summed E-state index contributed by atoms with van der Waals surface area (Å²) in [6.45, 7) is 1.50. The van der Waals surface area contributed by atoms with Crippen molar-refractivity contribution in [2.45, 2.75) is 13.0 Å². The predicted octanol–water partition coefficient (Wildman–Crippen LogP) is 3.88. The number of hydrazine groups is 1. The number of hydrogen-bond donors (Lipinski definition) is 2. The molecule has 2 amide bonds. The number of amides is 2. The third-order valence-corrected chi connectivity index (χ3v) is 4.33. The first-order chi connectivity index (χ1) is 12.3. The second-order valence-corrected chi connectivity index (χ2v) is 6.32. The molecular weight excluding hydrogens is 403 g/mol. The average Bonchev–Trinajstić information content (AvgIpc) is 2.63. The van der Waals surface area contributed by atoms with Gasteiger partial charge in [-0.05, 0) is 37.3 Å². The zero-order valence-corrected chi connectivity index (χ0v) is 16.1. The number of benzene rings is 2. The largest absolute Gasteiger partial charge is 0.496 e. The molecule has 138 valence electrons. The zero-order chi connectivity index (χ0) is 19.3. The number of carbonyl (C=O) groups excluding carboxylic acids is 2. The molecule has 2 aromatic carbocycles. The van der Waals surface area contributed by atoms with Crippen molar-refractivity contribution in [1.29, 1.82) is 0 Å². The van der Waals surface area contributed by atoms with Crippen molar-refractivity contribution >= 4 is 46.6 Å². The normalized spacial score (nSPS) is 11.4. The zero-order valence-electron chi connectivity index (χ0n) is 13.8. The SMILES string of the molecule is COc1ccc(Cl)cc1C(=O)NNC(=O)C(C)Oc1cccc(Cl)c1Cl. The van der Waals surface area contributed by atoms with Crippen LogP contribution in [0.25, 0.3) is 0 Å². The summed E-state index contributed by atoms with van der Waals surface area (Å²) >= 11 is 17.8. The first-order valence-electron chi connectivity index (χ1n) is 7.38. The molecule has 9 heteroatoms. The van der Waals surface area contributed by atoms with Crippen molar-refractivity contribution in [3.63, 3.8) is 0 Å². The number of carbonyl (C=O) groups is 2. The van der Waals surface area contributed by atoms with Crippen LogP contribution in [-0.2, 0) is 4.79 Å². The lowest BCUT2D eigenvalue weighted by Gasteiger charge is -2.16. The Morgan fingerprint density at radius 3 is 2.46 bits per heavy atom. The number of halogens is 3. The van der Waals surface area contributed by atoms with Crippen molar-refractivity contribution < 1.29 is 19.1 Å². The van der Waals surface area contributed by atoms with Crippen molar-refractivity contribution in [2.24, 2.45) is 0 Å². The van der Waals surface area contributed by atoms with E-state index in [1.807, 2.05) is 0 Å². The molecule has 1 atom stereocenters. The Balaban J connectivity index is 1.98. The van der Waals surface area contributed by atoms with Gasteiger partial charge >= 0.3 is 0 Å². The number of hydrogen-bond acceptors (Lipinski definition) is 4. The van der Waals surface area contributed by atoms with Gasteiger partial charge in [-0.1, -0.05) is 40.9 Å². The topological polar surface area (TPSA) is 76.7 Å². The molecule has 0 bridgehead atoms. The van der Waals surface area contributed by atoms with Gasteiger partial charge in [-0.15, -0.1) is 0 Å². The first-order valence-corrected chi connectivity index (χ1v) is 8.51. The molecule has 0 aliphatic heterocycles. The quantitative estimate of drug-likeness (QED) is 0.724. The molecule has 2 N–H and O–H groups in total. The van der Waals surface area contributed by atoms with Gasteiger partial charge in [0.1, 0.15) is 16.5 Å². The smallest absolute Gasteiger partial charge is 0.279 e. The summed E-state index contributed by atoms with van der Waals surface area (Å²) in [5.74, 6) is -0.609. The number of methoxy groups -OCH3 is 1. The standard InChI is InChI=1S/C17H15Cl3N2O4/c1-9(26-14-5-3-4-12(19)15(14)20)16(23)21-22-17(24)11-8-10(18)6-7-13(11)25-2/h3-9H,1-2H3,(H,21,23)(H,22,24). The van der Waals surface area contributed by atoms with E-state index in [2.05, 4.69) is 10.9 Å². The van der Waals surface area contributed by atoms with Gasteiger partial charge < -0.3 is 9.47 Å². The Hall–Kier alpha value is -2.15. The third-order valence-electron chi connectivity index (χ3n) is 3.29. The van der Waals surface area contributed by atoms with Gasteiger partial charge in [0.15, 0.2) is 6.10 Å². The third kappa shape index (κ3) is 4.94. The molecule has 0 spiro atoms. The first kappa shape index (κ1) is 20.2. The molecule has 0 heterocycles. The van der Waals surface area contributed by atoms with Crippen LogP contribution in [0, 0.1) is 0 Å². The Morgan fingerprint density at radius 1 is 1.04 bits per heavy atom. The maximum atomic E-state index is 12.2. The van der Waals surface area contributed by atoms with Crippen LogP contribution < -0.4 is 20.3 Å². The molecule has 0 saturated heterocycles. The monoisotopic (exact) mass is 416 g/mol. The average molecular weight is 418 g/mol. The minimum atomic E-state index is -0.937. The van der Waals surface area contributed by atoms with Crippen LogP contribution in [-0.4, -0.2) is 25.0 Å². The molecule has 2 aromatic rings. The summed E-state index contributed by atoms with van der Waals surface area (Å²) in [6, 6.07) is 9.37. The van der Waals surface area contributed by atoms with E-state index in [1.165, 1.54) is 20.1 Å². The van der Waals surface area contributed by atoms with Crippen LogP contribution in [0.1, 0.15) is 17.3 Å². The van der Waals surface area contributed by atoms with E-state index in [0.29, 0.717) is 15.8 Å². The molecule has 0 saturated carbocycles. The number of ether oxygens (including phenoxy) is 2. The van der Waals surface area contributed by atoms with Crippen LogP contribution in [0.3, 0.4) is 0 Å². The maximum absolute atomic E-state index is 12.2. The van der Waals surface area contributed by atoms with Gasteiger partial charge in [0.05, 0.1) is 17.7 Å². The molecule has 0 aliphatic rings. The highest BCUT2D eigenvalue weighted by Crippen LogP contribution is 2.32. The summed E-state index contributed by atoms with van der Waals surface area (Å²) in [4.78, 5) is 24.3. The van der Waals surface area contributed by atoms with Gasteiger partial charge in [0.2, 0.25) is 0 Å². The van der Waals surface area contributed by atoms with Crippen LogP contribution >= 0.6 is 34.8 Å². The summed E-state index contributed by atoms with van der Waals surface area (Å²) < 4.78 is 10.6. The minimum absolute atomic E-state index is 0.173. The van der Waals surface area contributed by atoms with Crippen molar-refractivity contribution in [3.05, 3.63) is 57.0 Å². The Labute approximate surface area is 165 Å². The van der Waals surface area contributed by atoms with E-state index in [9.17, 15) is 9.59 Å². The van der Waals surface area contributed by atoms with E-state index in [-0.39, 0.29) is 16.3 Å². The molecule has 0 fully saturated rings. The summed E-state index contributed by atoms with van der Waals surface area (Å²) in [5.41, 5.74) is 4.72. The van der Waals surface area contributed by atoms with Crippen LogP contribution in [0.5, 0.6) is 11.5 Å². The Morgan fingerprint density at radius 2 is 1.77 bits per heavy atom. The Bertz CT molecular complexity index is 830. The maximum Gasteiger partial charge on any atom is 0.279 e. The van der Waals surface area contributed by atoms with E-state index in [0.717, 1.165) is 0 Å². The fraction of sp³-hybridized carbons (Fsp3) is 0.176. The van der Waals surface area contributed by atoms with E-state index in [1.54, 1.807) is 30.3 Å². The van der Waals surface area contributed by atoms with Gasteiger partial charge in [0.25, 0.3) is 11.8 Å². The van der Waals surface area contributed by atoms with Gasteiger partial charge in [-0.3, -0.25) is 20.4 Å². The molecular formula is C17H15Cl3N2O4. The van der Waals surface area contributed by atoms with Crippen LogP contribution in [0.4, 0.5) is 0 Å². The van der Waals surface area contributed by atoms with E-state index >= 15 is 0 Å². The second-order valence-electron chi connectivity index (χ2n) is 5.10. The molecule has 1 unspecified atom stereocenters. The highest BCUT2D eigenvalue weighted by Gasteiger charge is 2.19. The van der Waals surface area contributed by atoms with Crippen molar-refractivity contribution in [1.82, 2.24) is 10.9 Å². The van der Waals surface area contributed by atoms with Gasteiger partial charge in [-0.25, -0.2) is 0 Å². The molecule has 2 rings (SSSR count). The predicted molar refractivity (Wildman–Crippen MR) is 100 cm³/mol. The van der Waals surface area contributed by atoms with Crippen LogP contribution in [0.2, 0.25) is 15.1 Å². The molecule has 0 aliphatic carbocycles. The highest BCUT2D eigenvalue weighted by molar-refractivity contribution is 6.42. The van der Waals surface area contributed by atoms with E-state index < -0.39 is 17.9 Å². The second kappa shape index (κ2) is 8.98. The summed E-state index contributed by atoms with van der Waals surface area (Å²) in [7, 11) is 1.42. The molecule has 0 radical (unpaired) electrons.